The number of pyridine rings is 1. The Morgan fingerprint density at radius 1 is 1.07 bits per heavy atom. The van der Waals surface area contributed by atoms with Gasteiger partial charge in [0.25, 0.3) is 0 Å². The number of nitrogens with zero attached hydrogens (tertiary/aromatic N) is 2. The summed E-state index contributed by atoms with van der Waals surface area (Å²) in [5.74, 6) is 0.722. The molecule has 2 aromatic carbocycles. The normalized spacial score (nSPS) is 12.2. The summed E-state index contributed by atoms with van der Waals surface area (Å²) in [4.78, 5) is 5.60. The highest BCUT2D eigenvalue weighted by Crippen LogP contribution is 2.27. The highest BCUT2D eigenvalue weighted by atomic mass is 32.2. The third kappa shape index (κ3) is 4.60. The maximum atomic E-state index is 6.28. The lowest BCUT2D eigenvalue weighted by Gasteiger charge is -2.14. The van der Waals surface area contributed by atoms with E-state index in [9.17, 15) is 0 Å². The van der Waals surface area contributed by atoms with Crippen molar-refractivity contribution in [3.63, 3.8) is 0 Å². The van der Waals surface area contributed by atoms with Gasteiger partial charge in [-0.05, 0) is 61.1 Å². The standard InChI is InChI=1S/C23H24N4OS/c1-15-22-11-17(5-8-23(22)27-26-15)18-10-20(13-25-12-18)28-14-19(24)9-16-3-6-21(29-2)7-4-16/h3-8,10-13,19H,9,14,24H2,1-2H3,(H,26,27)/t19-/m0/s1. The van der Waals surface area contributed by atoms with Crippen LogP contribution in [-0.2, 0) is 6.42 Å². The van der Waals surface area contributed by atoms with Crippen molar-refractivity contribution in [2.24, 2.45) is 5.73 Å². The van der Waals surface area contributed by atoms with Crippen molar-refractivity contribution < 1.29 is 4.74 Å². The van der Waals surface area contributed by atoms with Crippen molar-refractivity contribution in [1.29, 1.82) is 0 Å². The first-order chi connectivity index (χ1) is 14.1. The van der Waals surface area contributed by atoms with Gasteiger partial charge < -0.3 is 10.5 Å². The van der Waals surface area contributed by atoms with E-state index in [0.29, 0.717) is 6.61 Å². The highest BCUT2D eigenvalue weighted by Gasteiger charge is 2.09. The van der Waals surface area contributed by atoms with Crippen LogP contribution < -0.4 is 10.5 Å². The van der Waals surface area contributed by atoms with Crippen LogP contribution in [-0.4, -0.2) is 34.1 Å². The van der Waals surface area contributed by atoms with Crippen molar-refractivity contribution >= 4 is 22.7 Å². The van der Waals surface area contributed by atoms with E-state index in [-0.39, 0.29) is 6.04 Å². The van der Waals surface area contributed by atoms with E-state index in [1.54, 1.807) is 18.0 Å². The van der Waals surface area contributed by atoms with Gasteiger partial charge in [-0.15, -0.1) is 11.8 Å². The molecule has 1 atom stereocenters. The lowest BCUT2D eigenvalue weighted by molar-refractivity contribution is 0.286. The summed E-state index contributed by atoms with van der Waals surface area (Å²) in [5, 5.41) is 8.42. The predicted molar refractivity (Wildman–Crippen MR) is 119 cm³/mol. The minimum absolute atomic E-state index is 0.0799. The molecule has 0 aliphatic heterocycles. The summed E-state index contributed by atoms with van der Waals surface area (Å²) in [6.45, 7) is 2.46. The molecule has 0 unspecified atom stereocenters. The second kappa shape index (κ2) is 8.68. The number of hydrogen-bond donors (Lipinski definition) is 2. The van der Waals surface area contributed by atoms with Gasteiger partial charge in [-0.2, -0.15) is 5.10 Å². The summed E-state index contributed by atoms with van der Waals surface area (Å²) in [5.41, 5.74) is 11.6. The zero-order valence-electron chi connectivity index (χ0n) is 16.6. The van der Waals surface area contributed by atoms with Crippen LogP contribution in [0.1, 0.15) is 11.3 Å². The number of aryl methyl sites for hydroxylation is 1. The topological polar surface area (TPSA) is 76.8 Å². The Bertz CT molecular complexity index is 1110. The van der Waals surface area contributed by atoms with Gasteiger partial charge in [0.2, 0.25) is 0 Å². The van der Waals surface area contributed by atoms with Crippen molar-refractivity contribution in [3.8, 4) is 16.9 Å². The summed E-state index contributed by atoms with van der Waals surface area (Å²) in [6.07, 6.45) is 6.42. The molecule has 0 fully saturated rings. The molecule has 0 radical (unpaired) electrons. The van der Waals surface area contributed by atoms with Gasteiger partial charge in [-0.25, -0.2) is 0 Å². The van der Waals surface area contributed by atoms with Crippen molar-refractivity contribution in [1.82, 2.24) is 15.2 Å². The lowest BCUT2D eigenvalue weighted by Crippen LogP contribution is -2.30. The molecule has 6 heteroatoms. The largest absolute Gasteiger partial charge is 0.490 e. The maximum Gasteiger partial charge on any atom is 0.138 e. The van der Waals surface area contributed by atoms with Gasteiger partial charge in [0.15, 0.2) is 0 Å². The van der Waals surface area contributed by atoms with E-state index in [4.69, 9.17) is 10.5 Å². The van der Waals surface area contributed by atoms with Crippen LogP contribution in [0.5, 0.6) is 5.75 Å². The zero-order chi connectivity index (χ0) is 20.2. The Morgan fingerprint density at radius 3 is 2.69 bits per heavy atom. The van der Waals surface area contributed by atoms with Gasteiger partial charge in [-0.1, -0.05) is 18.2 Å². The van der Waals surface area contributed by atoms with Gasteiger partial charge in [0, 0.05) is 33.8 Å². The average molecular weight is 405 g/mol. The molecule has 4 rings (SSSR count). The zero-order valence-corrected chi connectivity index (χ0v) is 17.4. The monoisotopic (exact) mass is 404 g/mol. The number of benzene rings is 2. The molecule has 0 aliphatic carbocycles. The first-order valence-corrected chi connectivity index (χ1v) is 10.8. The van der Waals surface area contributed by atoms with E-state index in [2.05, 4.69) is 51.8 Å². The van der Waals surface area contributed by atoms with Crippen LogP contribution in [0.25, 0.3) is 22.0 Å². The number of nitrogens with one attached hydrogen (secondary N) is 1. The second-order valence-electron chi connectivity index (χ2n) is 7.11. The minimum atomic E-state index is -0.0799. The fourth-order valence-corrected chi connectivity index (χ4v) is 3.71. The molecule has 0 bridgehead atoms. The molecule has 3 N–H and O–H groups in total. The Balaban J connectivity index is 1.42. The molecule has 0 saturated carbocycles. The molecular formula is C23H24N4OS. The number of fused-ring (bicyclic) bond motifs is 1. The van der Waals surface area contributed by atoms with Gasteiger partial charge >= 0.3 is 0 Å². The Morgan fingerprint density at radius 2 is 1.90 bits per heavy atom. The van der Waals surface area contributed by atoms with Gasteiger partial charge in [0.1, 0.15) is 12.4 Å². The fraction of sp³-hybridized carbons (Fsp3) is 0.217. The van der Waals surface area contributed by atoms with Crippen LogP contribution >= 0.6 is 11.8 Å². The number of hydrogen-bond acceptors (Lipinski definition) is 5. The van der Waals surface area contributed by atoms with Crippen LogP contribution in [0.2, 0.25) is 0 Å². The summed E-state index contributed by atoms with van der Waals surface area (Å²) >= 11 is 1.74. The lowest BCUT2D eigenvalue weighted by atomic mass is 10.0. The van der Waals surface area contributed by atoms with Crippen LogP contribution in [0.3, 0.4) is 0 Å². The number of aromatic nitrogens is 3. The fourth-order valence-electron chi connectivity index (χ4n) is 3.30. The molecule has 0 aliphatic rings. The quantitative estimate of drug-likeness (QED) is 0.440. The smallest absolute Gasteiger partial charge is 0.138 e. The number of nitrogens with two attached hydrogens (primary N) is 1. The molecular weight excluding hydrogens is 380 g/mol. The summed E-state index contributed by atoms with van der Waals surface area (Å²) < 4.78 is 5.93. The molecule has 5 nitrogen and oxygen atoms in total. The second-order valence-corrected chi connectivity index (χ2v) is 7.99. The third-order valence-electron chi connectivity index (χ3n) is 4.91. The Labute approximate surface area is 174 Å². The molecule has 0 amide bonds. The Kier molecular flexibility index (Phi) is 5.83. The van der Waals surface area contributed by atoms with E-state index in [1.165, 1.54) is 10.5 Å². The molecule has 0 saturated heterocycles. The first-order valence-electron chi connectivity index (χ1n) is 9.54. The summed E-state index contributed by atoms with van der Waals surface area (Å²) in [6, 6.07) is 16.6. The number of aromatic amines is 1. The van der Waals surface area contributed by atoms with Gasteiger partial charge in [-0.3, -0.25) is 10.1 Å². The van der Waals surface area contributed by atoms with Crippen LogP contribution in [0.15, 0.2) is 65.8 Å². The van der Waals surface area contributed by atoms with Crippen molar-refractivity contribution in [3.05, 3.63) is 72.2 Å². The molecule has 2 heterocycles. The predicted octanol–water partition coefficient (Wildman–Crippen LogP) is 4.60. The van der Waals surface area contributed by atoms with Crippen molar-refractivity contribution in [2.45, 2.75) is 24.3 Å². The number of H-pyrrole nitrogens is 1. The molecule has 4 aromatic rings. The first kappa shape index (κ1) is 19.5. The van der Waals surface area contributed by atoms with Crippen LogP contribution in [0, 0.1) is 6.92 Å². The molecule has 0 spiro atoms. The molecule has 148 valence electrons. The van der Waals surface area contributed by atoms with Crippen LogP contribution in [0.4, 0.5) is 0 Å². The van der Waals surface area contributed by atoms with E-state index in [0.717, 1.165) is 39.9 Å². The Hall–Kier alpha value is -2.83. The van der Waals surface area contributed by atoms with E-state index in [1.807, 2.05) is 31.3 Å². The minimum Gasteiger partial charge on any atom is -0.490 e. The van der Waals surface area contributed by atoms with Crippen molar-refractivity contribution in [2.75, 3.05) is 12.9 Å². The number of thioether (sulfide) groups is 1. The summed E-state index contributed by atoms with van der Waals surface area (Å²) in [7, 11) is 0. The SMILES string of the molecule is CSc1ccc(C[C@H](N)COc2cncc(-c3ccc4n[nH]c(C)c4c3)c2)cc1. The number of rotatable bonds is 7. The van der Waals surface area contributed by atoms with Gasteiger partial charge in [0.05, 0.1) is 11.7 Å². The maximum absolute atomic E-state index is 6.28. The third-order valence-corrected chi connectivity index (χ3v) is 5.66. The number of ether oxygens (including phenoxy) is 1. The van der Waals surface area contributed by atoms with E-state index >= 15 is 0 Å². The average Bonchev–Trinajstić information content (AvgIpc) is 3.13. The van der Waals surface area contributed by atoms with E-state index < -0.39 is 0 Å². The molecule has 29 heavy (non-hydrogen) atoms. The molecule has 2 aromatic heterocycles. The highest BCUT2D eigenvalue weighted by molar-refractivity contribution is 7.98.